The summed E-state index contributed by atoms with van der Waals surface area (Å²) in [5.41, 5.74) is -0.408. The Balaban J connectivity index is 2.08. The van der Waals surface area contributed by atoms with Crippen LogP contribution >= 0.6 is 0 Å². The van der Waals surface area contributed by atoms with Gasteiger partial charge in [0, 0.05) is 18.6 Å². The molecule has 3 nitrogen and oxygen atoms in total. The second-order valence-electron chi connectivity index (χ2n) is 6.95. The molecular formula is C17H31N3. The van der Waals surface area contributed by atoms with Crippen molar-refractivity contribution in [1.82, 2.24) is 10.2 Å². The number of rotatable bonds is 5. The molecule has 0 radical (unpaired) electrons. The summed E-state index contributed by atoms with van der Waals surface area (Å²) in [6.07, 6.45) is 13.6. The Morgan fingerprint density at radius 2 is 1.45 bits per heavy atom. The Morgan fingerprint density at radius 1 is 1.00 bits per heavy atom. The summed E-state index contributed by atoms with van der Waals surface area (Å²) < 4.78 is 0. The molecule has 0 aromatic carbocycles. The second kappa shape index (κ2) is 7.43. The first kappa shape index (κ1) is 15.8. The van der Waals surface area contributed by atoms with Gasteiger partial charge < -0.3 is 5.32 Å². The minimum Gasteiger partial charge on any atom is -0.302 e. The van der Waals surface area contributed by atoms with Crippen LogP contribution in [0.15, 0.2) is 0 Å². The van der Waals surface area contributed by atoms with Crippen molar-refractivity contribution in [1.29, 1.82) is 5.26 Å². The molecule has 0 aliphatic heterocycles. The van der Waals surface area contributed by atoms with E-state index in [9.17, 15) is 5.26 Å². The van der Waals surface area contributed by atoms with Gasteiger partial charge in [0.15, 0.2) is 0 Å². The Hall–Kier alpha value is -0.590. The van der Waals surface area contributed by atoms with Crippen LogP contribution in [0.3, 0.4) is 0 Å². The minimum atomic E-state index is -0.408. The molecule has 2 saturated carbocycles. The first-order valence-corrected chi connectivity index (χ1v) is 8.54. The maximum Gasteiger partial charge on any atom is 0.116 e. The molecule has 0 amide bonds. The first-order valence-electron chi connectivity index (χ1n) is 8.54. The van der Waals surface area contributed by atoms with E-state index in [1.807, 2.05) is 14.0 Å². The Kier molecular flexibility index (Phi) is 5.86. The van der Waals surface area contributed by atoms with E-state index >= 15 is 0 Å². The number of hydrogen-bond acceptors (Lipinski definition) is 3. The van der Waals surface area contributed by atoms with Gasteiger partial charge in [0.05, 0.1) is 6.07 Å². The SMILES string of the molecule is CNC(C)(C#N)CN(C1CCCCC1)C1CCCCC1. The molecule has 2 aliphatic carbocycles. The molecule has 0 saturated heterocycles. The van der Waals surface area contributed by atoms with Crippen LogP contribution in [0.4, 0.5) is 0 Å². The number of nitriles is 1. The van der Waals surface area contributed by atoms with Crippen LogP contribution in [0.5, 0.6) is 0 Å². The second-order valence-corrected chi connectivity index (χ2v) is 6.95. The lowest BCUT2D eigenvalue weighted by Crippen LogP contribution is -2.55. The molecule has 20 heavy (non-hydrogen) atoms. The summed E-state index contributed by atoms with van der Waals surface area (Å²) in [6.45, 7) is 2.93. The van der Waals surface area contributed by atoms with Crippen molar-refractivity contribution >= 4 is 0 Å². The standard InChI is InChI=1S/C17H31N3/c1-17(13-18,19-2)14-20(15-9-5-3-6-10-15)16-11-7-4-8-12-16/h15-16,19H,3-12,14H2,1-2H3. The van der Waals surface area contributed by atoms with Crippen LogP contribution in [0, 0.1) is 11.3 Å². The molecule has 0 bridgehead atoms. The van der Waals surface area contributed by atoms with E-state index in [-0.39, 0.29) is 0 Å². The average molecular weight is 277 g/mol. The fourth-order valence-corrected chi connectivity index (χ4v) is 3.92. The largest absolute Gasteiger partial charge is 0.302 e. The van der Waals surface area contributed by atoms with E-state index in [4.69, 9.17) is 0 Å². The van der Waals surface area contributed by atoms with Gasteiger partial charge in [-0.1, -0.05) is 38.5 Å². The van der Waals surface area contributed by atoms with Crippen LogP contribution in [-0.4, -0.2) is 36.1 Å². The van der Waals surface area contributed by atoms with Crippen LogP contribution in [-0.2, 0) is 0 Å². The van der Waals surface area contributed by atoms with Gasteiger partial charge in [-0.05, 0) is 39.7 Å². The summed E-state index contributed by atoms with van der Waals surface area (Å²) in [5, 5.41) is 12.7. The minimum absolute atomic E-state index is 0.408. The number of likely N-dealkylation sites (N-methyl/N-ethyl adjacent to an activating group) is 1. The van der Waals surface area contributed by atoms with Crippen molar-refractivity contribution in [3.63, 3.8) is 0 Å². The maximum atomic E-state index is 9.49. The number of nitrogens with one attached hydrogen (secondary N) is 1. The number of nitrogens with zero attached hydrogens (tertiary/aromatic N) is 2. The van der Waals surface area contributed by atoms with Gasteiger partial charge in [-0.3, -0.25) is 4.90 Å². The molecule has 1 N–H and O–H groups in total. The van der Waals surface area contributed by atoms with Gasteiger partial charge in [0.2, 0.25) is 0 Å². The van der Waals surface area contributed by atoms with Gasteiger partial charge in [0.1, 0.15) is 5.54 Å². The highest BCUT2D eigenvalue weighted by atomic mass is 15.2. The monoisotopic (exact) mass is 277 g/mol. The fraction of sp³-hybridized carbons (Fsp3) is 0.941. The maximum absolute atomic E-state index is 9.49. The van der Waals surface area contributed by atoms with E-state index < -0.39 is 5.54 Å². The summed E-state index contributed by atoms with van der Waals surface area (Å²) in [5.74, 6) is 0. The topological polar surface area (TPSA) is 39.1 Å². The predicted octanol–water partition coefficient (Wildman–Crippen LogP) is 3.46. The third kappa shape index (κ3) is 3.96. The molecule has 2 fully saturated rings. The van der Waals surface area contributed by atoms with E-state index in [0.717, 1.165) is 6.54 Å². The molecule has 0 heterocycles. The molecule has 3 heteroatoms. The van der Waals surface area contributed by atoms with Gasteiger partial charge >= 0.3 is 0 Å². The molecular weight excluding hydrogens is 246 g/mol. The highest BCUT2D eigenvalue weighted by molar-refractivity contribution is 5.06. The lowest BCUT2D eigenvalue weighted by Gasteiger charge is -2.44. The highest BCUT2D eigenvalue weighted by Gasteiger charge is 2.34. The quantitative estimate of drug-likeness (QED) is 0.836. The summed E-state index contributed by atoms with van der Waals surface area (Å²) in [6, 6.07) is 3.92. The molecule has 1 unspecified atom stereocenters. The lowest BCUT2D eigenvalue weighted by molar-refractivity contribution is 0.0635. The molecule has 2 aliphatic rings. The molecule has 0 aromatic heterocycles. The van der Waals surface area contributed by atoms with Gasteiger partial charge in [-0.15, -0.1) is 0 Å². The highest BCUT2D eigenvalue weighted by Crippen LogP contribution is 2.31. The third-order valence-corrected chi connectivity index (χ3v) is 5.38. The van der Waals surface area contributed by atoms with Crippen molar-refractivity contribution in [2.24, 2.45) is 0 Å². The predicted molar refractivity (Wildman–Crippen MR) is 83.5 cm³/mol. The third-order valence-electron chi connectivity index (χ3n) is 5.38. The Bertz CT molecular complexity index is 306. The first-order chi connectivity index (χ1) is 9.68. The number of hydrogen-bond donors (Lipinski definition) is 1. The van der Waals surface area contributed by atoms with Crippen LogP contribution in [0.25, 0.3) is 0 Å². The molecule has 2 rings (SSSR count). The van der Waals surface area contributed by atoms with Crippen molar-refractivity contribution in [2.45, 2.75) is 88.8 Å². The van der Waals surface area contributed by atoms with E-state index in [2.05, 4.69) is 16.3 Å². The van der Waals surface area contributed by atoms with E-state index in [1.165, 1.54) is 64.2 Å². The van der Waals surface area contributed by atoms with Crippen molar-refractivity contribution in [2.75, 3.05) is 13.6 Å². The zero-order chi connectivity index (χ0) is 14.4. The Labute approximate surface area is 124 Å². The van der Waals surface area contributed by atoms with Gasteiger partial charge in [-0.2, -0.15) is 5.26 Å². The zero-order valence-electron chi connectivity index (χ0n) is 13.3. The van der Waals surface area contributed by atoms with Gasteiger partial charge in [-0.25, -0.2) is 0 Å². The van der Waals surface area contributed by atoms with Crippen molar-refractivity contribution in [3.8, 4) is 6.07 Å². The summed E-state index contributed by atoms with van der Waals surface area (Å²) in [4.78, 5) is 2.71. The molecule has 0 aromatic rings. The van der Waals surface area contributed by atoms with E-state index in [1.54, 1.807) is 0 Å². The molecule has 114 valence electrons. The average Bonchev–Trinajstić information content (AvgIpc) is 2.54. The zero-order valence-corrected chi connectivity index (χ0v) is 13.3. The normalized spacial score (nSPS) is 25.3. The lowest BCUT2D eigenvalue weighted by atomic mass is 9.87. The van der Waals surface area contributed by atoms with Crippen LogP contribution in [0.2, 0.25) is 0 Å². The summed E-state index contributed by atoms with van der Waals surface area (Å²) in [7, 11) is 1.92. The Morgan fingerprint density at radius 3 is 1.80 bits per heavy atom. The summed E-state index contributed by atoms with van der Waals surface area (Å²) >= 11 is 0. The smallest absolute Gasteiger partial charge is 0.116 e. The van der Waals surface area contributed by atoms with E-state index in [0.29, 0.717) is 12.1 Å². The fourth-order valence-electron chi connectivity index (χ4n) is 3.92. The van der Waals surface area contributed by atoms with Crippen molar-refractivity contribution in [3.05, 3.63) is 0 Å². The molecule has 0 spiro atoms. The van der Waals surface area contributed by atoms with Crippen LogP contribution in [0.1, 0.15) is 71.1 Å². The van der Waals surface area contributed by atoms with Crippen molar-refractivity contribution < 1.29 is 0 Å². The molecule has 1 atom stereocenters. The van der Waals surface area contributed by atoms with Gasteiger partial charge in [0.25, 0.3) is 0 Å². The van der Waals surface area contributed by atoms with Crippen LogP contribution < -0.4 is 5.32 Å².